The lowest BCUT2D eigenvalue weighted by Gasteiger charge is -2.37. The van der Waals surface area contributed by atoms with E-state index in [1.165, 1.54) is 21.0 Å². The molecule has 3 unspecified atom stereocenters. The van der Waals surface area contributed by atoms with E-state index in [0.717, 1.165) is 36.9 Å². The SMILES string of the molecule is CC1C=CC2=C1C1=CN(c3ccccc3Cl)CC3N(CNN3C(=O)N3CCN(C)CC3)C1=S2C. The van der Waals surface area contributed by atoms with Crippen LogP contribution >= 0.6 is 22.1 Å². The van der Waals surface area contributed by atoms with Gasteiger partial charge in [0, 0.05) is 48.8 Å². The third-order valence-electron chi connectivity index (χ3n) is 7.51. The van der Waals surface area contributed by atoms with Crippen molar-refractivity contribution in [3.63, 3.8) is 0 Å². The summed E-state index contributed by atoms with van der Waals surface area (Å²) >= 11 is 6.68. The molecule has 0 spiro atoms. The number of nitrogens with one attached hydrogen (secondary N) is 1. The van der Waals surface area contributed by atoms with Gasteiger partial charge >= 0.3 is 6.03 Å². The van der Waals surface area contributed by atoms with E-state index in [1.54, 1.807) is 0 Å². The first-order chi connectivity index (χ1) is 16.4. The standard InChI is InChI=1S/C25H31ClN6OS/c1-17-8-9-21-23(17)18-14-30(20-7-5-4-6-19(20)26)15-22-31(24(18)34(21)3)16-27-32(22)25(33)29-12-10-28(2)11-13-29/h4-9,14,17,22,27H,10-13,15-16H2,1-3H3. The van der Waals surface area contributed by atoms with Crippen molar-refractivity contribution in [3.8, 4) is 0 Å². The van der Waals surface area contributed by atoms with Gasteiger partial charge < -0.3 is 14.7 Å². The summed E-state index contributed by atoms with van der Waals surface area (Å²) in [6, 6.07) is 8.05. The van der Waals surface area contributed by atoms with Crippen molar-refractivity contribution in [2.75, 3.05) is 57.6 Å². The number of carbonyl (C=O) groups excluding carboxylic acids is 1. The fraction of sp³-hybridized carbons (Fsp3) is 0.440. The molecule has 6 rings (SSSR count). The average Bonchev–Trinajstić information content (AvgIpc) is 3.45. The zero-order valence-corrected chi connectivity index (χ0v) is 21.4. The summed E-state index contributed by atoms with van der Waals surface area (Å²) in [5.41, 5.74) is 7.13. The number of fused-ring (bicyclic) bond motifs is 4. The van der Waals surface area contributed by atoms with Gasteiger partial charge in [0.1, 0.15) is 6.17 Å². The lowest BCUT2D eigenvalue weighted by molar-refractivity contribution is 0.0968. The first kappa shape index (κ1) is 22.4. The van der Waals surface area contributed by atoms with Crippen LogP contribution in [0.15, 0.2) is 58.7 Å². The number of hydrazine groups is 1. The molecule has 4 aliphatic heterocycles. The van der Waals surface area contributed by atoms with Gasteiger partial charge in [-0.25, -0.2) is 20.1 Å². The fourth-order valence-electron chi connectivity index (χ4n) is 5.60. The van der Waals surface area contributed by atoms with Crippen LogP contribution in [0, 0.1) is 5.92 Å². The van der Waals surface area contributed by atoms with Gasteiger partial charge in [-0.1, -0.05) is 42.8 Å². The second-order valence-electron chi connectivity index (χ2n) is 9.60. The normalized spacial score (nSPS) is 29.4. The first-order valence-electron chi connectivity index (χ1n) is 11.9. The lowest BCUT2D eigenvalue weighted by Crippen LogP contribution is -2.58. The number of rotatable bonds is 1. The molecule has 5 aliphatic rings. The molecule has 2 amide bonds. The Balaban J connectivity index is 1.41. The molecular weight excluding hydrogens is 468 g/mol. The number of halogens is 1. The number of hydrogen-bond donors (Lipinski definition) is 1. The van der Waals surface area contributed by atoms with Gasteiger partial charge in [0.05, 0.1) is 28.9 Å². The van der Waals surface area contributed by atoms with Gasteiger partial charge in [-0.05, 0) is 31.0 Å². The Bertz CT molecular complexity index is 1170. The molecule has 7 nitrogen and oxygen atoms in total. The Kier molecular flexibility index (Phi) is 5.61. The third kappa shape index (κ3) is 3.46. The van der Waals surface area contributed by atoms with Crippen molar-refractivity contribution in [2.45, 2.75) is 13.1 Å². The van der Waals surface area contributed by atoms with Crippen molar-refractivity contribution >= 4 is 38.8 Å². The highest BCUT2D eigenvalue weighted by Crippen LogP contribution is 2.50. The summed E-state index contributed by atoms with van der Waals surface area (Å²) in [7, 11) is 2.07. The molecule has 0 radical (unpaired) electrons. The summed E-state index contributed by atoms with van der Waals surface area (Å²) in [5, 5.41) is 2.58. The van der Waals surface area contributed by atoms with Gasteiger partial charge in [-0.15, -0.1) is 10.5 Å². The molecule has 4 heterocycles. The van der Waals surface area contributed by atoms with E-state index >= 15 is 0 Å². The molecule has 2 fully saturated rings. The number of carbonyl (C=O) groups is 1. The first-order valence-corrected chi connectivity index (χ1v) is 13.9. The maximum atomic E-state index is 13.7. The maximum Gasteiger partial charge on any atom is 0.336 e. The number of para-hydroxylation sites is 1. The highest BCUT2D eigenvalue weighted by molar-refractivity contribution is 8.19. The molecule has 9 heteroatoms. The molecule has 34 heavy (non-hydrogen) atoms. The van der Waals surface area contributed by atoms with Crippen molar-refractivity contribution < 1.29 is 4.79 Å². The minimum atomic E-state index is -0.124. The number of likely N-dealkylation sites (N-methyl/N-ethyl adjacent to an activating group) is 1. The van der Waals surface area contributed by atoms with Crippen molar-refractivity contribution in [1.82, 2.24) is 25.1 Å². The Morgan fingerprint density at radius 1 is 1.18 bits per heavy atom. The molecule has 1 aromatic carbocycles. The monoisotopic (exact) mass is 498 g/mol. The largest absolute Gasteiger partial charge is 0.343 e. The molecule has 2 saturated heterocycles. The smallest absolute Gasteiger partial charge is 0.336 e. The Morgan fingerprint density at radius 3 is 2.71 bits per heavy atom. The molecule has 1 aromatic rings. The van der Waals surface area contributed by atoms with Gasteiger partial charge in [-0.3, -0.25) is 0 Å². The fourth-order valence-corrected chi connectivity index (χ4v) is 7.99. The summed E-state index contributed by atoms with van der Waals surface area (Å²) in [4.78, 5) is 25.3. The number of nitrogens with zero attached hydrogens (tertiary/aromatic N) is 5. The topological polar surface area (TPSA) is 45.3 Å². The molecule has 0 bridgehead atoms. The molecule has 1 N–H and O–H groups in total. The van der Waals surface area contributed by atoms with E-state index in [1.807, 2.05) is 28.1 Å². The highest BCUT2D eigenvalue weighted by atomic mass is 35.5. The Labute approximate surface area is 208 Å². The number of allylic oxidation sites excluding steroid dienone is 2. The third-order valence-corrected chi connectivity index (χ3v) is 9.88. The van der Waals surface area contributed by atoms with Crippen LogP contribution in [0.3, 0.4) is 0 Å². The molecule has 0 saturated carbocycles. The van der Waals surface area contributed by atoms with Crippen molar-refractivity contribution in [1.29, 1.82) is 0 Å². The van der Waals surface area contributed by atoms with Crippen LogP contribution in [0.5, 0.6) is 0 Å². The Hall–Kier alpha value is -2.10. The lowest BCUT2D eigenvalue weighted by atomic mass is 9.97. The summed E-state index contributed by atoms with van der Waals surface area (Å²) in [6.07, 6.45) is 9.08. The number of hydrogen-bond acceptors (Lipinski definition) is 5. The molecule has 1 aliphatic carbocycles. The molecule has 0 aromatic heterocycles. The van der Waals surface area contributed by atoms with Crippen LogP contribution in [-0.2, 0) is 0 Å². The summed E-state index contributed by atoms with van der Waals surface area (Å²) < 4.78 is 0. The van der Waals surface area contributed by atoms with Gasteiger partial charge in [-0.2, -0.15) is 0 Å². The quantitative estimate of drug-likeness (QED) is 0.602. The maximum absolute atomic E-state index is 13.7. The number of amides is 2. The highest BCUT2D eigenvalue weighted by Gasteiger charge is 2.46. The van der Waals surface area contributed by atoms with Crippen molar-refractivity contribution in [2.24, 2.45) is 5.92 Å². The van der Waals surface area contributed by atoms with Crippen LogP contribution in [0.2, 0.25) is 5.02 Å². The second-order valence-corrected chi connectivity index (χ2v) is 11.9. The van der Waals surface area contributed by atoms with Crippen LogP contribution in [0.25, 0.3) is 0 Å². The number of urea groups is 1. The van der Waals surface area contributed by atoms with E-state index in [9.17, 15) is 4.79 Å². The van der Waals surface area contributed by atoms with Crippen LogP contribution in [-0.4, -0.2) is 89.6 Å². The summed E-state index contributed by atoms with van der Waals surface area (Å²) in [5.74, 6) is 0.386. The average molecular weight is 499 g/mol. The number of benzene rings is 1. The summed E-state index contributed by atoms with van der Waals surface area (Å²) in [6.45, 7) is 6.86. The van der Waals surface area contributed by atoms with E-state index in [0.29, 0.717) is 19.1 Å². The van der Waals surface area contributed by atoms with Crippen LogP contribution < -0.4 is 10.3 Å². The van der Waals surface area contributed by atoms with Gasteiger partial charge in [0.25, 0.3) is 0 Å². The van der Waals surface area contributed by atoms with E-state index in [4.69, 9.17) is 11.6 Å². The zero-order valence-electron chi connectivity index (χ0n) is 19.9. The Morgan fingerprint density at radius 2 is 1.94 bits per heavy atom. The zero-order chi connectivity index (χ0) is 23.6. The molecular formula is C25H31ClN6OS. The molecule has 3 atom stereocenters. The predicted molar refractivity (Wildman–Crippen MR) is 141 cm³/mol. The van der Waals surface area contributed by atoms with Crippen LogP contribution in [0.4, 0.5) is 10.5 Å². The van der Waals surface area contributed by atoms with E-state index in [-0.39, 0.29) is 22.7 Å². The predicted octanol–water partition coefficient (Wildman–Crippen LogP) is 3.32. The van der Waals surface area contributed by atoms with Gasteiger partial charge in [0.15, 0.2) is 0 Å². The molecule has 180 valence electrons. The number of piperazine rings is 1. The minimum absolute atomic E-state index is 0.0423. The van der Waals surface area contributed by atoms with E-state index < -0.39 is 0 Å². The van der Waals surface area contributed by atoms with Crippen LogP contribution in [0.1, 0.15) is 6.92 Å². The minimum Gasteiger partial charge on any atom is -0.343 e. The second kappa shape index (κ2) is 8.53. The van der Waals surface area contributed by atoms with Gasteiger partial charge in [0.2, 0.25) is 0 Å². The van der Waals surface area contributed by atoms with Crippen molar-refractivity contribution in [3.05, 3.63) is 63.7 Å². The number of anilines is 1. The van der Waals surface area contributed by atoms with E-state index in [2.05, 4.69) is 64.8 Å².